The Kier molecular flexibility index (Phi) is 5.48. The summed E-state index contributed by atoms with van der Waals surface area (Å²) in [5.74, 6) is -2.16. The van der Waals surface area contributed by atoms with Crippen molar-refractivity contribution in [2.75, 3.05) is 5.43 Å². The van der Waals surface area contributed by atoms with Gasteiger partial charge >= 0.3 is 5.97 Å². The Morgan fingerprint density at radius 2 is 1.82 bits per heavy atom. The van der Waals surface area contributed by atoms with Crippen LogP contribution in [0.4, 0.5) is 0 Å². The molecule has 0 atom stereocenters. The van der Waals surface area contributed by atoms with Gasteiger partial charge in [-0.15, -0.1) is 0 Å². The fourth-order valence-corrected chi connectivity index (χ4v) is 3.88. The largest absolute Gasteiger partial charge is 0.504 e. The number of fused-ring (bicyclic) bond motifs is 1. The number of phenols is 2. The Hall–Kier alpha value is -2.78. The summed E-state index contributed by atoms with van der Waals surface area (Å²) >= 11 is 6.58. The summed E-state index contributed by atoms with van der Waals surface area (Å²) in [6.07, 6.45) is 0.913. The van der Waals surface area contributed by atoms with Crippen LogP contribution in [0.1, 0.15) is 11.1 Å². The number of aliphatic carboxylic acids is 1. The van der Waals surface area contributed by atoms with Crippen LogP contribution in [0.2, 0.25) is 0 Å². The van der Waals surface area contributed by atoms with Crippen molar-refractivity contribution in [1.29, 1.82) is 0 Å². The summed E-state index contributed by atoms with van der Waals surface area (Å²) in [7, 11) is 0. The maximum absolute atomic E-state index is 12.9. The number of nitrogens with zero attached hydrogens (tertiary/aromatic N) is 1. The van der Waals surface area contributed by atoms with Crippen LogP contribution < -0.4 is 11.0 Å². The summed E-state index contributed by atoms with van der Waals surface area (Å²) in [5, 5.41) is 30.2. The molecule has 28 heavy (non-hydrogen) atoms. The molecule has 1 aromatic heterocycles. The molecule has 0 fully saturated rings. The molecule has 1 heterocycles. The minimum Gasteiger partial charge on any atom is -0.504 e. The fraction of sp³-hybridized carbons (Fsp3) is 0.0526. The van der Waals surface area contributed by atoms with Gasteiger partial charge in [-0.3, -0.25) is 10.2 Å². The van der Waals surface area contributed by atoms with E-state index in [-0.39, 0.29) is 15.7 Å². The number of carboxylic acid groups (broad SMARTS) is 1. The zero-order valence-corrected chi connectivity index (χ0v) is 17.6. The monoisotopic (exact) mass is 508 g/mol. The predicted molar refractivity (Wildman–Crippen MR) is 113 cm³/mol. The lowest BCUT2D eigenvalue weighted by molar-refractivity contribution is -0.131. The van der Waals surface area contributed by atoms with Crippen LogP contribution in [-0.2, 0) is 4.79 Å². The van der Waals surface area contributed by atoms with Crippen LogP contribution >= 0.6 is 31.9 Å². The molecule has 0 saturated heterocycles. The number of aryl methyl sites for hydroxylation is 1. The minimum absolute atomic E-state index is 0.00444. The Morgan fingerprint density at radius 3 is 2.43 bits per heavy atom. The molecular weight excluding hydrogens is 496 g/mol. The summed E-state index contributed by atoms with van der Waals surface area (Å²) < 4.78 is 1.67. The Balaban J connectivity index is 2.37. The molecule has 0 aliphatic heterocycles. The second kappa shape index (κ2) is 7.69. The average molecular weight is 510 g/mol. The van der Waals surface area contributed by atoms with Gasteiger partial charge in [0.25, 0.3) is 5.56 Å². The van der Waals surface area contributed by atoms with Crippen LogP contribution in [0.15, 0.2) is 56.2 Å². The molecule has 0 saturated carbocycles. The van der Waals surface area contributed by atoms with Crippen molar-refractivity contribution in [1.82, 2.24) is 4.68 Å². The molecule has 3 aromatic rings. The van der Waals surface area contributed by atoms with Crippen molar-refractivity contribution < 1.29 is 20.1 Å². The highest BCUT2D eigenvalue weighted by Gasteiger charge is 2.21. The first-order valence-corrected chi connectivity index (χ1v) is 9.53. The number of aromatic nitrogens is 1. The maximum atomic E-state index is 12.9. The topological polar surface area (TPSA) is 112 Å². The highest BCUT2D eigenvalue weighted by Crippen LogP contribution is 2.40. The molecule has 0 aliphatic carbocycles. The molecule has 7 nitrogen and oxygen atoms in total. The Morgan fingerprint density at radius 1 is 1.18 bits per heavy atom. The second-order valence-electron chi connectivity index (χ2n) is 5.90. The van der Waals surface area contributed by atoms with Gasteiger partial charge in [0.15, 0.2) is 11.5 Å². The first-order chi connectivity index (χ1) is 13.2. The number of pyridine rings is 1. The normalized spacial score (nSPS) is 11.6. The third-order valence-electron chi connectivity index (χ3n) is 4.11. The van der Waals surface area contributed by atoms with Crippen LogP contribution in [0, 0.1) is 6.92 Å². The smallest absolute Gasteiger partial charge is 0.330 e. The van der Waals surface area contributed by atoms with E-state index in [1.54, 1.807) is 37.3 Å². The quantitative estimate of drug-likeness (QED) is 0.313. The SMILES string of the molecule is Cc1c(Br)c(=O)n(NC(=CC(=O)O)c2ccccc2)c2c(O)c(O)cc(Br)c12. The summed E-state index contributed by atoms with van der Waals surface area (Å²) in [6.45, 7) is 1.69. The number of phenolic OH excluding ortho intramolecular Hbond substituents is 2. The summed E-state index contributed by atoms with van der Waals surface area (Å²) in [6, 6.07) is 9.87. The van der Waals surface area contributed by atoms with Crippen molar-refractivity contribution in [2.24, 2.45) is 0 Å². The third kappa shape index (κ3) is 3.50. The second-order valence-corrected chi connectivity index (χ2v) is 7.55. The van der Waals surface area contributed by atoms with Crippen molar-refractivity contribution in [3.05, 3.63) is 72.9 Å². The first kappa shape index (κ1) is 20.0. The highest BCUT2D eigenvalue weighted by molar-refractivity contribution is 9.11. The Labute approximate surface area is 175 Å². The number of nitrogens with one attached hydrogen (secondary N) is 1. The van der Waals surface area contributed by atoms with E-state index in [1.165, 1.54) is 6.07 Å². The molecule has 0 unspecified atom stereocenters. The number of benzene rings is 2. The minimum atomic E-state index is -1.22. The van der Waals surface area contributed by atoms with E-state index < -0.39 is 23.0 Å². The lowest BCUT2D eigenvalue weighted by Gasteiger charge is -2.19. The third-order valence-corrected chi connectivity index (χ3v) is 5.67. The van der Waals surface area contributed by atoms with E-state index in [0.29, 0.717) is 21.0 Å². The van der Waals surface area contributed by atoms with Gasteiger partial charge in [0.1, 0.15) is 5.52 Å². The van der Waals surface area contributed by atoms with Gasteiger partial charge in [0.05, 0.1) is 10.2 Å². The number of hydrogen-bond donors (Lipinski definition) is 4. The number of carbonyl (C=O) groups is 1. The lowest BCUT2D eigenvalue weighted by atomic mass is 10.1. The number of rotatable bonds is 4. The van der Waals surface area contributed by atoms with Gasteiger partial charge in [0, 0.05) is 15.9 Å². The molecule has 0 aliphatic rings. The van der Waals surface area contributed by atoms with E-state index in [1.807, 2.05) is 0 Å². The van der Waals surface area contributed by atoms with Crippen molar-refractivity contribution in [2.45, 2.75) is 6.92 Å². The molecule has 0 radical (unpaired) electrons. The fourth-order valence-electron chi connectivity index (χ4n) is 2.81. The van der Waals surface area contributed by atoms with Crippen molar-refractivity contribution >= 4 is 54.4 Å². The molecule has 3 rings (SSSR count). The molecular formula is C19H14Br2N2O5. The van der Waals surface area contributed by atoms with Crippen LogP contribution in [0.5, 0.6) is 11.5 Å². The standard InChI is InChI=1S/C19H14Br2N2O5/c1-9-15-11(20)7-13(24)18(27)17(15)23(19(28)16(9)21)22-12(8-14(25)26)10-5-3-2-4-6-10/h2-8,22,24,27H,1H3,(H,25,26). The molecule has 0 spiro atoms. The predicted octanol–water partition coefficient (Wildman–Crippen LogP) is 3.92. The van der Waals surface area contributed by atoms with E-state index in [2.05, 4.69) is 37.3 Å². The number of carboxylic acids is 1. The van der Waals surface area contributed by atoms with E-state index in [4.69, 9.17) is 0 Å². The van der Waals surface area contributed by atoms with E-state index >= 15 is 0 Å². The number of halogens is 2. The van der Waals surface area contributed by atoms with E-state index in [9.17, 15) is 24.9 Å². The number of hydrogen-bond acceptors (Lipinski definition) is 5. The molecule has 0 amide bonds. The zero-order valence-electron chi connectivity index (χ0n) is 14.4. The van der Waals surface area contributed by atoms with Crippen LogP contribution in [-0.4, -0.2) is 26.0 Å². The average Bonchev–Trinajstić information content (AvgIpc) is 2.66. The summed E-state index contributed by atoms with van der Waals surface area (Å²) in [4.78, 5) is 24.2. The lowest BCUT2D eigenvalue weighted by Crippen LogP contribution is -2.30. The number of aromatic hydroxyl groups is 2. The van der Waals surface area contributed by atoms with Gasteiger partial charge in [-0.05, 0) is 56.0 Å². The van der Waals surface area contributed by atoms with Gasteiger partial charge < -0.3 is 15.3 Å². The molecule has 9 heteroatoms. The molecule has 4 N–H and O–H groups in total. The summed E-state index contributed by atoms with van der Waals surface area (Å²) in [5.41, 5.74) is 3.38. The van der Waals surface area contributed by atoms with Gasteiger partial charge in [-0.2, -0.15) is 0 Å². The van der Waals surface area contributed by atoms with Gasteiger partial charge in [0.2, 0.25) is 0 Å². The molecule has 144 valence electrons. The highest BCUT2D eigenvalue weighted by atomic mass is 79.9. The van der Waals surface area contributed by atoms with Crippen LogP contribution in [0.3, 0.4) is 0 Å². The van der Waals surface area contributed by atoms with Crippen molar-refractivity contribution in [3.63, 3.8) is 0 Å². The van der Waals surface area contributed by atoms with Gasteiger partial charge in [-0.25, -0.2) is 9.47 Å². The van der Waals surface area contributed by atoms with Crippen LogP contribution in [0.25, 0.3) is 16.6 Å². The van der Waals surface area contributed by atoms with E-state index in [0.717, 1.165) is 10.8 Å². The molecule has 2 aromatic carbocycles. The maximum Gasteiger partial charge on any atom is 0.330 e. The Bertz CT molecular complexity index is 1190. The van der Waals surface area contributed by atoms with Crippen molar-refractivity contribution in [3.8, 4) is 11.5 Å². The molecule has 0 bridgehead atoms. The zero-order chi connectivity index (χ0) is 20.6. The first-order valence-electron chi connectivity index (χ1n) is 7.94. The van der Waals surface area contributed by atoms with Gasteiger partial charge in [-0.1, -0.05) is 30.3 Å².